The largest absolute Gasteiger partial charge is 0.506 e. The fraction of sp³-hybridized carbons (Fsp3) is 0.240. The first-order chi connectivity index (χ1) is 16.2. The van der Waals surface area contributed by atoms with Crippen molar-refractivity contribution in [3.8, 4) is 17.2 Å². The Morgan fingerprint density at radius 1 is 0.971 bits per heavy atom. The van der Waals surface area contributed by atoms with E-state index in [1.165, 1.54) is 12.1 Å². The Morgan fingerprint density at radius 2 is 1.74 bits per heavy atom. The van der Waals surface area contributed by atoms with Gasteiger partial charge in [0.15, 0.2) is 12.8 Å². The van der Waals surface area contributed by atoms with Crippen molar-refractivity contribution in [2.75, 3.05) is 17.4 Å². The minimum Gasteiger partial charge on any atom is -0.506 e. The first kappa shape index (κ1) is 25.8. The third-order valence-corrected chi connectivity index (χ3v) is 6.05. The lowest BCUT2D eigenvalue weighted by molar-refractivity contribution is -0.122. The van der Waals surface area contributed by atoms with Crippen LogP contribution in [0.25, 0.3) is 0 Å². The number of rotatable bonds is 9. The summed E-state index contributed by atoms with van der Waals surface area (Å²) in [5.41, 5.74) is 2.66. The van der Waals surface area contributed by atoms with Gasteiger partial charge in [0.1, 0.15) is 17.2 Å². The number of hydrogen-bond donors (Lipinski definition) is 3. The smallest absolute Gasteiger partial charge is 0.265 e. The Balaban J connectivity index is 1.63. The fourth-order valence-corrected chi connectivity index (χ4v) is 3.68. The first-order valence-corrected chi connectivity index (χ1v) is 11.7. The van der Waals surface area contributed by atoms with Gasteiger partial charge in [-0.05, 0) is 50.1 Å². The number of halogens is 3. The molecule has 1 atom stereocenters. The summed E-state index contributed by atoms with van der Waals surface area (Å²) in [5, 5.41) is 17.1. The monoisotopic (exact) mass is 522 g/mol. The summed E-state index contributed by atoms with van der Waals surface area (Å²) in [5.74, 6) is 0.669. The predicted molar refractivity (Wildman–Crippen MR) is 138 cm³/mol. The normalized spacial score (nSPS) is 11.6. The molecule has 0 aromatic heterocycles. The molecule has 0 saturated carbocycles. The van der Waals surface area contributed by atoms with Gasteiger partial charge in [0.05, 0.1) is 26.4 Å². The van der Waals surface area contributed by atoms with Crippen LogP contribution in [0.4, 0.5) is 11.4 Å². The van der Waals surface area contributed by atoms with E-state index in [2.05, 4.69) is 10.6 Å². The molecule has 0 bridgehead atoms. The molecule has 0 spiro atoms. The van der Waals surface area contributed by atoms with Crippen LogP contribution in [0.3, 0.4) is 0 Å². The Morgan fingerprint density at radius 3 is 2.41 bits per heavy atom. The second-order valence-electron chi connectivity index (χ2n) is 7.66. The van der Waals surface area contributed by atoms with Crippen molar-refractivity contribution in [2.24, 2.45) is 0 Å². The summed E-state index contributed by atoms with van der Waals surface area (Å²) in [6, 6.07) is 13.5. The number of ether oxygens (including phenoxy) is 2. The number of phenolic OH excluding ortho intramolecular Hbond substituents is 1. The third kappa shape index (κ3) is 6.63. The molecule has 3 rings (SSSR count). The number of phenols is 1. The van der Waals surface area contributed by atoms with Crippen molar-refractivity contribution in [1.29, 1.82) is 0 Å². The number of anilines is 2. The maximum Gasteiger partial charge on any atom is 0.265 e. The Kier molecular flexibility index (Phi) is 8.78. The molecule has 0 aliphatic carbocycles. The van der Waals surface area contributed by atoms with E-state index in [1.54, 1.807) is 18.2 Å². The molecule has 3 aromatic rings. The molecule has 6 nitrogen and oxygen atoms in total. The number of carbonyl (C=O) groups is 1. The van der Waals surface area contributed by atoms with E-state index in [1.807, 2.05) is 39.0 Å². The molecular formula is C25H25Cl3N2O4. The highest BCUT2D eigenvalue weighted by atomic mass is 35.5. The molecule has 3 N–H and O–H groups in total. The van der Waals surface area contributed by atoms with Gasteiger partial charge >= 0.3 is 0 Å². The van der Waals surface area contributed by atoms with E-state index in [4.69, 9.17) is 44.3 Å². The van der Waals surface area contributed by atoms with Gasteiger partial charge in [-0.25, -0.2) is 0 Å². The van der Waals surface area contributed by atoms with E-state index in [0.717, 1.165) is 11.1 Å². The number of hydrogen-bond acceptors (Lipinski definition) is 5. The summed E-state index contributed by atoms with van der Waals surface area (Å²) < 4.78 is 11.5. The van der Waals surface area contributed by atoms with Crippen molar-refractivity contribution in [2.45, 2.75) is 33.3 Å². The lowest BCUT2D eigenvalue weighted by Gasteiger charge is -2.20. The molecule has 3 aromatic carbocycles. The van der Waals surface area contributed by atoms with Crippen LogP contribution in [0.2, 0.25) is 15.1 Å². The van der Waals surface area contributed by atoms with Gasteiger partial charge in [-0.2, -0.15) is 0 Å². The molecule has 1 amide bonds. The summed E-state index contributed by atoms with van der Waals surface area (Å²) in [6.45, 7) is 5.81. The summed E-state index contributed by atoms with van der Waals surface area (Å²) in [7, 11) is 0. The van der Waals surface area contributed by atoms with Gasteiger partial charge in [-0.1, -0.05) is 59.4 Å². The zero-order valence-corrected chi connectivity index (χ0v) is 21.2. The minimum atomic E-state index is -0.725. The van der Waals surface area contributed by atoms with Crippen molar-refractivity contribution < 1.29 is 19.4 Å². The molecule has 0 aliphatic rings. The maximum absolute atomic E-state index is 12.8. The van der Waals surface area contributed by atoms with Crippen LogP contribution in [0.5, 0.6) is 17.2 Å². The van der Waals surface area contributed by atoms with Crippen LogP contribution in [0.15, 0.2) is 48.5 Å². The van der Waals surface area contributed by atoms with Gasteiger partial charge < -0.3 is 25.2 Å². The molecule has 0 radical (unpaired) electrons. The van der Waals surface area contributed by atoms with Gasteiger partial charge in [-0.15, -0.1) is 0 Å². The predicted octanol–water partition coefficient (Wildman–Crippen LogP) is 7.21. The van der Waals surface area contributed by atoms with Gasteiger partial charge in [0, 0.05) is 12.1 Å². The van der Waals surface area contributed by atoms with Crippen LogP contribution < -0.4 is 20.1 Å². The quantitative estimate of drug-likeness (QED) is 0.204. The zero-order valence-electron chi connectivity index (χ0n) is 18.9. The van der Waals surface area contributed by atoms with Crippen LogP contribution >= 0.6 is 34.8 Å². The van der Waals surface area contributed by atoms with Crippen LogP contribution in [0, 0.1) is 13.8 Å². The Bertz CT molecular complexity index is 1190. The maximum atomic E-state index is 12.8. The van der Waals surface area contributed by atoms with E-state index < -0.39 is 6.10 Å². The standard InChI is InChI=1S/C25H25Cl3N2O4/c1-4-23(34-24-8-5-14(2)9-15(24)3)25(32)30-20-12-22(31)21(11-19(20)28)29-13-33-16-6-7-17(26)18(27)10-16/h5-12,23,29,31H,4,13H2,1-3H3,(H,30,32). The van der Waals surface area contributed by atoms with Crippen molar-refractivity contribution in [1.82, 2.24) is 0 Å². The lowest BCUT2D eigenvalue weighted by atomic mass is 10.1. The summed E-state index contributed by atoms with van der Waals surface area (Å²) in [4.78, 5) is 12.8. The van der Waals surface area contributed by atoms with Gasteiger partial charge in [0.25, 0.3) is 5.91 Å². The second kappa shape index (κ2) is 11.6. The molecule has 9 heteroatoms. The fourth-order valence-electron chi connectivity index (χ4n) is 3.18. The highest BCUT2D eigenvalue weighted by molar-refractivity contribution is 6.42. The average molecular weight is 524 g/mol. The number of benzene rings is 3. The first-order valence-electron chi connectivity index (χ1n) is 10.6. The van der Waals surface area contributed by atoms with Crippen molar-refractivity contribution in [3.63, 3.8) is 0 Å². The second-order valence-corrected chi connectivity index (χ2v) is 8.89. The third-order valence-electron chi connectivity index (χ3n) is 5.00. The van der Waals surface area contributed by atoms with E-state index in [0.29, 0.717) is 33.7 Å². The topological polar surface area (TPSA) is 79.8 Å². The number of aromatic hydroxyl groups is 1. The minimum absolute atomic E-state index is 0.0369. The number of nitrogens with one attached hydrogen (secondary N) is 2. The van der Waals surface area contributed by atoms with E-state index >= 15 is 0 Å². The Labute approximate surface area is 213 Å². The average Bonchev–Trinajstić information content (AvgIpc) is 2.78. The number of aryl methyl sites for hydroxylation is 2. The van der Waals surface area contributed by atoms with Crippen molar-refractivity contribution >= 4 is 52.1 Å². The molecular weight excluding hydrogens is 499 g/mol. The van der Waals surface area contributed by atoms with E-state index in [9.17, 15) is 9.90 Å². The van der Waals surface area contributed by atoms with Gasteiger partial charge in [-0.3, -0.25) is 4.79 Å². The molecule has 0 aliphatic heterocycles. The summed E-state index contributed by atoms with van der Waals surface area (Å²) >= 11 is 18.2. The van der Waals surface area contributed by atoms with Crippen LogP contribution in [-0.2, 0) is 4.79 Å². The molecule has 0 saturated heterocycles. The lowest BCUT2D eigenvalue weighted by Crippen LogP contribution is -2.32. The molecule has 180 valence electrons. The number of amides is 1. The highest BCUT2D eigenvalue weighted by Gasteiger charge is 2.21. The number of carbonyl (C=O) groups excluding carboxylic acids is 1. The summed E-state index contributed by atoms with van der Waals surface area (Å²) in [6.07, 6.45) is -0.272. The SMILES string of the molecule is CCC(Oc1ccc(C)cc1C)C(=O)Nc1cc(O)c(NCOc2ccc(Cl)c(Cl)c2)cc1Cl. The molecule has 34 heavy (non-hydrogen) atoms. The molecule has 0 heterocycles. The van der Waals surface area contributed by atoms with Crippen LogP contribution in [-0.4, -0.2) is 23.8 Å². The zero-order chi connectivity index (χ0) is 24.8. The van der Waals surface area contributed by atoms with Gasteiger partial charge in [0.2, 0.25) is 0 Å². The Hall–Kier alpha value is -2.80. The molecule has 1 unspecified atom stereocenters. The van der Waals surface area contributed by atoms with E-state index in [-0.39, 0.29) is 29.1 Å². The highest BCUT2D eigenvalue weighted by Crippen LogP contribution is 2.34. The van der Waals surface area contributed by atoms with Crippen LogP contribution in [0.1, 0.15) is 24.5 Å². The molecule has 0 fully saturated rings. The van der Waals surface area contributed by atoms with Crippen molar-refractivity contribution in [3.05, 3.63) is 74.7 Å².